The molecule has 4 rings (SSSR count). The highest BCUT2D eigenvalue weighted by Crippen LogP contribution is 2.33. The van der Waals surface area contributed by atoms with Crippen molar-refractivity contribution in [3.63, 3.8) is 0 Å². The summed E-state index contributed by atoms with van der Waals surface area (Å²) in [6.45, 7) is 2.24. The summed E-state index contributed by atoms with van der Waals surface area (Å²) in [5.41, 5.74) is 2.58. The van der Waals surface area contributed by atoms with Gasteiger partial charge in [0, 0.05) is 18.1 Å². The van der Waals surface area contributed by atoms with Crippen molar-refractivity contribution >= 4 is 16.9 Å². The first-order valence-corrected chi connectivity index (χ1v) is 12.7. The highest BCUT2D eigenvalue weighted by atomic mass is 19.1. The van der Waals surface area contributed by atoms with Gasteiger partial charge in [-0.25, -0.2) is 4.39 Å². The van der Waals surface area contributed by atoms with Gasteiger partial charge in [0.2, 0.25) is 0 Å². The lowest BCUT2D eigenvalue weighted by atomic mass is 9.81. The fourth-order valence-electron chi connectivity index (χ4n) is 5.35. The number of rotatable bonds is 11. The van der Waals surface area contributed by atoms with Crippen molar-refractivity contribution < 1.29 is 24.1 Å². The van der Waals surface area contributed by atoms with E-state index in [0.29, 0.717) is 25.1 Å². The zero-order valence-electron chi connectivity index (χ0n) is 20.8. The van der Waals surface area contributed by atoms with Crippen LogP contribution in [0.4, 0.5) is 4.39 Å². The van der Waals surface area contributed by atoms with E-state index < -0.39 is 18.0 Å². The average molecular weight is 495 g/mol. The van der Waals surface area contributed by atoms with Gasteiger partial charge in [-0.3, -0.25) is 9.78 Å². The number of nitrogens with zero attached hydrogens (tertiary/aromatic N) is 2. The number of carbonyl (C=O) groups is 1. The van der Waals surface area contributed by atoms with Crippen molar-refractivity contribution in [1.29, 1.82) is 0 Å². The van der Waals surface area contributed by atoms with Gasteiger partial charge in [0.15, 0.2) is 0 Å². The second-order valence-corrected chi connectivity index (χ2v) is 9.76. The number of hydrogen-bond donors (Lipinski definition) is 2. The first kappa shape index (κ1) is 26.0. The summed E-state index contributed by atoms with van der Waals surface area (Å²) in [5, 5.41) is 21.8. The van der Waals surface area contributed by atoms with Gasteiger partial charge in [-0.2, -0.15) is 0 Å². The summed E-state index contributed by atoms with van der Waals surface area (Å²) < 4.78 is 18.7. The quantitative estimate of drug-likeness (QED) is 0.355. The van der Waals surface area contributed by atoms with E-state index in [4.69, 9.17) is 4.74 Å². The van der Waals surface area contributed by atoms with Crippen LogP contribution in [0.1, 0.15) is 49.3 Å². The smallest absolute Gasteiger partial charge is 0.308 e. The van der Waals surface area contributed by atoms with E-state index in [2.05, 4.69) is 9.88 Å². The molecule has 0 amide bonds. The Morgan fingerprint density at radius 3 is 2.86 bits per heavy atom. The van der Waals surface area contributed by atoms with Crippen molar-refractivity contribution in [3.8, 4) is 5.75 Å². The number of hydrogen-bond acceptors (Lipinski definition) is 5. The van der Waals surface area contributed by atoms with Gasteiger partial charge in [-0.05, 0) is 105 Å². The monoisotopic (exact) mass is 494 g/mol. The van der Waals surface area contributed by atoms with Crippen LogP contribution in [0.5, 0.6) is 5.75 Å². The summed E-state index contributed by atoms with van der Waals surface area (Å²) in [6.07, 6.45) is 5.67. The molecule has 0 bridgehead atoms. The first-order chi connectivity index (χ1) is 17.4. The zero-order valence-corrected chi connectivity index (χ0v) is 20.8. The highest BCUT2D eigenvalue weighted by molar-refractivity contribution is 5.83. The molecule has 1 aromatic heterocycles. The second-order valence-electron chi connectivity index (χ2n) is 9.76. The molecule has 0 saturated carbocycles. The third-order valence-corrected chi connectivity index (χ3v) is 7.39. The van der Waals surface area contributed by atoms with E-state index in [1.54, 1.807) is 25.4 Å². The minimum atomic E-state index is -0.766. The standard InChI is InChI=1S/C29H35FN2O4/c1-36-23-9-10-27-25(18-23)24(12-14-31-27)28(33)11-8-21-13-16-32(19-26(21)29(34)35)15-3-2-5-20-6-4-7-22(30)17-20/h4,6-7,9-10,12,14,17-18,21,26,28,33H,2-3,5,8,11,13,15-16,19H2,1H3,(H,34,35)/t21-,26+,28?/m1/s1. The van der Waals surface area contributed by atoms with Gasteiger partial charge >= 0.3 is 5.97 Å². The predicted octanol–water partition coefficient (Wildman–Crippen LogP) is 5.24. The molecule has 2 aromatic carbocycles. The number of aliphatic hydroxyl groups excluding tert-OH is 1. The molecule has 0 aliphatic carbocycles. The summed E-state index contributed by atoms with van der Waals surface area (Å²) >= 11 is 0. The van der Waals surface area contributed by atoms with E-state index in [1.165, 1.54) is 6.07 Å². The maximum atomic E-state index is 13.3. The van der Waals surface area contributed by atoms with Crippen LogP contribution in [0.3, 0.4) is 0 Å². The molecule has 6 nitrogen and oxygen atoms in total. The molecule has 0 radical (unpaired) electrons. The molecule has 3 aromatic rings. The number of ether oxygens (including phenoxy) is 1. The van der Waals surface area contributed by atoms with Crippen molar-refractivity contribution in [1.82, 2.24) is 9.88 Å². The highest BCUT2D eigenvalue weighted by Gasteiger charge is 2.34. The number of unbranched alkanes of at least 4 members (excludes halogenated alkanes) is 1. The van der Waals surface area contributed by atoms with Gasteiger partial charge in [-0.15, -0.1) is 0 Å². The number of pyridine rings is 1. The Bertz CT molecular complexity index is 1170. The molecule has 2 N–H and O–H groups in total. The van der Waals surface area contributed by atoms with E-state index in [9.17, 15) is 19.4 Å². The summed E-state index contributed by atoms with van der Waals surface area (Å²) in [7, 11) is 1.61. The van der Waals surface area contributed by atoms with Gasteiger partial charge in [-0.1, -0.05) is 12.1 Å². The molecule has 0 spiro atoms. The van der Waals surface area contributed by atoms with Gasteiger partial charge in [0.05, 0.1) is 24.6 Å². The number of aliphatic carboxylic acids is 1. The largest absolute Gasteiger partial charge is 0.497 e. The second kappa shape index (κ2) is 12.3. The molecule has 1 unspecified atom stereocenters. The number of benzene rings is 2. The molecule has 2 heterocycles. The molecule has 3 atom stereocenters. The number of piperidine rings is 1. The topological polar surface area (TPSA) is 82.9 Å². The molecule has 192 valence electrons. The molecule has 1 aliphatic rings. The Morgan fingerprint density at radius 1 is 1.22 bits per heavy atom. The van der Waals surface area contributed by atoms with Crippen LogP contribution in [-0.2, 0) is 11.2 Å². The maximum absolute atomic E-state index is 13.3. The van der Waals surface area contributed by atoms with Crippen LogP contribution < -0.4 is 4.74 Å². The molecule has 1 aliphatic heterocycles. The Morgan fingerprint density at radius 2 is 2.08 bits per heavy atom. The SMILES string of the molecule is COc1ccc2nccc(C(O)CC[C@@H]3CCN(CCCCc4cccc(F)c4)C[C@@H]3C(=O)O)c2c1. The van der Waals surface area contributed by atoms with Crippen LogP contribution in [-0.4, -0.2) is 52.8 Å². The Labute approximate surface area is 211 Å². The lowest BCUT2D eigenvalue weighted by Crippen LogP contribution is -2.44. The minimum absolute atomic E-state index is 0.0309. The first-order valence-electron chi connectivity index (χ1n) is 12.7. The Hall–Kier alpha value is -3.03. The van der Waals surface area contributed by atoms with E-state index in [1.807, 2.05) is 30.3 Å². The van der Waals surface area contributed by atoms with Crippen LogP contribution >= 0.6 is 0 Å². The molecule has 1 fully saturated rings. The number of aryl methyl sites for hydroxylation is 1. The number of carboxylic acids is 1. The van der Waals surface area contributed by atoms with E-state index >= 15 is 0 Å². The summed E-state index contributed by atoms with van der Waals surface area (Å²) in [6, 6.07) is 14.1. The van der Waals surface area contributed by atoms with Gasteiger partial charge < -0.3 is 19.8 Å². The molecular weight excluding hydrogens is 459 g/mol. The Balaban J connectivity index is 1.29. The predicted molar refractivity (Wildman–Crippen MR) is 137 cm³/mol. The maximum Gasteiger partial charge on any atom is 0.308 e. The number of carboxylic acid groups (broad SMARTS) is 1. The average Bonchev–Trinajstić information content (AvgIpc) is 2.89. The zero-order chi connectivity index (χ0) is 25.5. The lowest BCUT2D eigenvalue weighted by Gasteiger charge is -2.37. The third kappa shape index (κ3) is 6.59. The van der Waals surface area contributed by atoms with Crippen LogP contribution in [0.25, 0.3) is 10.9 Å². The van der Waals surface area contributed by atoms with Crippen molar-refractivity contribution in [2.45, 2.75) is 44.6 Å². The third-order valence-electron chi connectivity index (χ3n) is 7.39. The van der Waals surface area contributed by atoms with E-state index in [-0.39, 0.29) is 11.7 Å². The van der Waals surface area contributed by atoms with Crippen LogP contribution in [0.2, 0.25) is 0 Å². The Kier molecular flexibility index (Phi) is 8.88. The summed E-state index contributed by atoms with van der Waals surface area (Å²) in [5.74, 6) is -0.677. The molecule has 36 heavy (non-hydrogen) atoms. The van der Waals surface area contributed by atoms with Crippen molar-refractivity contribution in [2.24, 2.45) is 11.8 Å². The number of halogens is 1. The molecule has 1 saturated heterocycles. The van der Waals surface area contributed by atoms with Gasteiger partial charge in [0.1, 0.15) is 11.6 Å². The normalized spacial score (nSPS) is 19.3. The van der Waals surface area contributed by atoms with E-state index in [0.717, 1.165) is 60.8 Å². The number of aromatic nitrogens is 1. The molecule has 7 heteroatoms. The molecular formula is C29H35FN2O4. The summed E-state index contributed by atoms with van der Waals surface area (Å²) in [4.78, 5) is 18.7. The van der Waals surface area contributed by atoms with Crippen LogP contribution in [0.15, 0.2) is 54.7 Å². The van der Waals surface area contributed by atoms with Gasteiger partial charge in [0.25, 0.3) is 0 Å². The number of aliphatic hydroxyl groups is 1. The number of fused-ring (bicyclic) bond motifs is 1. The van der Waals surface area contributed by atoms with Crippen LogP contribution in [0, 0.1) is 17.7 Å². The van der Waals surface area contributed by atoms with Crippen molar-refractivity contribution in [2.75, 3.05) is 26.7 Å². The fraction of sp³-hybridized carbons (Fsp3) is 0.448. The number of methoxy groups -OCH3 is 1. The lowest BCUT2D eigenvalue weighted by molar-refractivity contribution is -0.146. The number of likely N-dealkylation sites (tertiary alicyclic amines) is 1. The minimum Gasteiger partial charge on any atom is -0.497 e. The van der Waals surface area contributed by atoms with Crippen molar-refractivity contribution in [3.05, 3.63) is 71.7 Å². The fourth-order valence-corrected chi connectivity index (χ4v) is 5.35.